The van der Waals surface area contributed by atoms with E-state index in [1.165, 1.54) is 37.2 Å². The molecule has 2 heterocycles. The zero-order valence-corrected chi connectivity index (χ0v) is 12.5. The van der Waals surface area contributed by atoms with Gasteiger partial charge in [-0.1, -0.05) is 20.8 Å². The molecule has 0 aromatic carbocycles. The lowest BCUT2D eigenvalue weighted by Gasteiger charge is -2.37. The van der Waals surface area contributed by atoms with E-state index in [-0.39, 0.29) is 0 Å². The molecule has 0 spiro atoms. The van der Waals surface area contributed by atoms with Gasteiger partial charge in [0, 0.05) is 43.3 Å². The third kappa shape index (κ3) is 3.93. The van der Waals surface area contributed by atoms with Crippen molar-refractivity contribution in [2.24, 2.45) is 11.8 Å². The molecular formula is C16H27N3. The van der Waals surface area contributed by atoms with Crippen molar-refractivity contribution in [2.75, 3.05) is 24.5 Å². The molecule has 1 aromatic heterocycles. The summed E-state index contributed by atoms with van der Waals surface area (Å²) in [5.74, 6) is 1.57. The summed E-state index contributed by atoms with van der Waals surface area (Å²) in [6.45, 7) is 11.3. The first kappa shape index (κ1) is 14.3. The smallest absolute Gasteiger partial charge is 0.0443 e. The molecule has 1 aliphatic heterocycles. The summed E-state index contributed by atoms with van der Waals surface area (Å²) in [4.78, 5) is 6.84. The highest BCUT2D eigenvalue weighted by Gasteiger charge is 2.23. The van der Waals surface area contributed by atoms with Crippen molar-refractivity contribution in [3.8, 4) is 0 Å². The number of nitrogens with zero attached hydrogens (tertiary/aromatic N) is 2. The lowest BCUT2D eigenvalue weighted by atomic mass is 9.91. The molecule has 3 heteroatoms. The predicted molar refractivity (Wildman–Crippen MR) is 81.4 cm³/mol. The number of pyridine rings is 1. The van der Waals surface area contributed by atoms with E-state index in [1.54, 1.807) is 0 Å². The quantitative estimate of drug-likeness (QED) is 0.826. The Morgan fingerprint density at radius 3 is 2.74 bits per heavy atom. The van der Waals surface area contributed by atoms with Crippen molar-refractivity contribution < 1.29 is 0 Å². The summed E-state index contributed by atoms with van der Waals surface area (Å²) in [6, 6.07) is 2.17. The van der Waals surface area contributed by atoms with Crippen LogP contribution in [0.4, 0.5) is 5.69 Å². The minimum Gasteiger partial charge on any atom is -0.371 e. The van der Waals surface area contributed by atoms with Crippen molar-refractivity contribution in [3.05, 3.63) is 24.0 Å². The average Bonchev–Trinajstić information content (AvgIpc) is 2.38. The van der Waals surface area contributed by atoms with Gasteiger partial charge in [0.15, 0.2) is 0 Å². The summed E-state index contributed by atoms with van der Waals surface area (Å²) in [6.07, 6.45) is 6.46. The average molecular weight is 261 g/mol. The molecule has 106 valence electrons. The van der Waals surface area contributed by atoms with Crippen LogP contribution in [0, 0.1) is 11.8 Å². The molecule has 3 nitrogen and oxygen atoms in total. The number of piperidine rings is 1. The van der Waals surface area contributed by atoms with Crippen LogP contribution in [0.1, 0.15) is 39.2 Å². The second-order valence-electron chi connectivity index (χ2n) is 6.03. The molecule has 1 aliphatic rings. The Kier molecular flexibility index (Phi) is 5.20. The SMILES string of the molecule is CCCNCc1cnccc1N1CC(C)CC(C)C1. The molecule has 2 unspecified atom stereocenters. The predicted octanol–water partition coefficient (Wildman–Crippen LogP) is 3.06. The fraction of sp³-hybridized carbons (Fsp3) is 0.688. The first-order chi connectivity index (χ1) is 9.20. The number of hydrogen-bond donors (Lipinski definition) is 1. The number of hydrogen-bond acceptors (Lipinski definition) is 3. The Morgan fingerprint density at radius 2 is 2.05 bits per heavy atom. The van der Waals surface area contributed by atoms with E-state index >= 15 is 0 Å². The number of anilines is 1. The second kappa shape index (κ2) is 6.90. The summed E-state index contributed by atoms with van der Waals surface area (Å²) in [7, 11) is 0. The van der Waals surface area contributed by atoms with E-state index in [9.17, 15) is 0 Å². The van der Waals surface area contributed by atoms with Crippen LogP contribution in [-0.4, -0.2) is 24.6 Å². The molecule has 2 rings (SSSR count). The zero-order chi connectivity index (χ0) is 13.7. The lowest BCUT2D eigenvalue weighted by molar-refractivity contribution is 0.356. The maximum absolute atomic E-state index is 4.29. The van der Waals surface area contributed by atoms with Crippen LogP contribution in [0.15, 0.2) is 18.5 Å². The van der Waals surface area contributed by atoms with E-state index in [4.69, 9.17) is 0 Å². The number of aromatic nitrogens is 1. The van der Waals surface area contributed by atoms with Gasteiger partial charge >= 0.3 is 0 Å². The molecule has 0 amide bonds. The minimum absolute atomic E-state index is 0.786. The Morgan fingerprint density at radius 1 is 1.32 bits per heavy atom. The van der Waals surface area contributed by atoms with Crippen molar-refractivity contribution in [1.82, 2.24) is 10.3 Å². The maximum Gasteiger partial charge on any atom is 0.0443 e. The fourth-order valence-corrected chi connectivity index (χ4v) is 3.12. The standard InChI is InChI=1S/C16H27N3/c1-4-6-17-9-15-10-18-7-5-16(15)19-11-13(2)8-14(3)12-19/h5,7,10,13-14,17H,4,6,8-9,11-12H2,1-3H3. The topological polar surface area (TPSA) is 28.2 Å². The Balaban J connectivity index is 2.09. The van der Waals surface area contributed by atoms with Crippen molar-refractivity contribution in [1.29, 1.82) is 0 Å². The van der Waals surface area contributed by atoms with E-state index in [0.717, 1.165) is 24.9 Å². The van der Waals surface area contributed by atoms with Gasteiger partial charge in [0.25, 0.3) is 0 Å². The van der Waals surface area contributed by atoms with E-state index in [2.05, 4.69) is 42.0 Å². The monoisotopic (exact) mass is 261 g/mol. The third-order valence-electron chi connectivity index (χ3n) is 3.83. The fourth-order valence-electron chi connectivity index (χ4n) is 3.12. The summed E-state index contributed by atoms with van der Waals surface area (Å²) >= 11 is 0. The molecule has 1 N–H and O–H groups in total. The largest absolute Gasteiger partial charge is 0.371 e. The van der Waals surface area contributed by atoms with Crippen LogP contribution >= 0.6 is 0 Å². The van der Waals surface area contributed by atoms with Gasteiger partial charge in [-0.3, -0.25) is 4.98 Å². The van der Waals surface area contributed by atoms with E-state index in [1.807, 2.05) is 12.4 Å². The maximum atomic E-state index is 4.29. The van der Waals surface area contributed by atoms with Gasteiger partial charge in [-0.05, 0) is 37.3 Å². The minimum atomic E-state index is 0.786. The summed E-state index contributed by atoms with van der Waals surface area (Å²) in [5.41, 5.74) is 2.70. The highest BCUT2D eigenvalue weighted by Crippen LogP contribution is 2.28. The van der Waals surface area contributed by atoms with Crippen LogP contribution in [0.25, 0.3) is 0 Å². The molecular weight excluding hydrogens is 234 g/mol. The Hall–Kier alpha value is -1.09. The molecule has 1 saturated heterocycles. The Bertz CT molecular complexity index is 381. The van der Waals surface area contributed by atoms with E-state index in [0.29, 0.717) is 0 Å². The molecule has 0 aliphatic carbocycles. The van der Waals surface area contributed by atoms with Gasteiger partial charge in [0.1, 0.15) is 0 Å². The second-order valence-corrected chi connectivity index (χ2v) is 6.03. The highest BCUT2D eigenvalue weighted by molar-refractivity contribution is 5.52. The molecule has 1 fully saturated rings. The normalized spacial score (nSPS) is 23.6. The molecule has 19 heavy (non-hydrogen) atoms. The lowest BCUT2D eigenvalue weighted by Crippen LogP contribution is -2.39. The summed E-state index contributed by atoms with van der Waals surface area (Å²) in [5, 5.41) is 3.49. The van der Waals surface area contributed by atoms with Crippen LogP contribution in [0.5, 0.6) is 0 Å². The molecule has 0 saturated carbocycles. The molecule has 0 bridgehead atoms. The number of nitrogens with one attached hydrogen (secondary N) is 1. The van der Waals surface area contributed by atoms with Crippen LogP contribution in [0.3, 0.4) is 0 Å². The highest BCUT2D eigenvalue weighted by atomic mass is 15.1. The molecule has 0 radical (unpaired) electrons. The van der Waals surface area contributed by atoms with E-state index < -0.39 is 0 Å². The van der Waals surface area contributed by atoms with Gasteiger partial charge < -0.3 is 10.2 Å². The zero-order valence-electron chi connectivity index (χ0n) is 12.5. The van der Waals surface area contributed by atoms with Crippen molar-refractivity contribution >= 4 is 5.69 Å². The van der Waals surface area contributed by atoms with Gasteiger partial charge in [-0.25, -0.2) is 0 Å². The molecule has 2 atom stereocenters. The third-order valence-corrected chi connectivity index (χ3v) is 3.83. The number of rotatable bonds is 5. The van der Waals surface area contributed by atoms with Gasteiger partial charge in [0.05, 0.1) is 0 Å². The van der Waals surface area contributed by atoms with Gasteiger partial charge in [0.2, 0.25) is 0 Å². The van der Waals surface area contributed by atoms with Crippen molar-refractivity contribution in [2.45, 2.75) is 40.2 Å². The van der Waals surface area contributed by atoms with Gasteiger partial charge in [-0.15, -0.1) is 0 Å². The molecule has 1 aromatic rings. The Labute approximate surface area is 117 Å². The van der Waals surface area contributed by atoms with Crippen molar-refractivity contribution in [3.63, 3.8) is 0 Å². The first-order valence-electron chi connectivity index (χ1n) is 7.59. The van der Waals surface area contributed by atoms with Crippen LogP contribution in [-0.2, 0) is 6.54 Å². The first-order valence-corrected chi connectivity index (χ1v) is 7.59. The summed E-state index contributed by atoms with van der Waals surface area (Å²) < 4.78 is 0. The van der Waals surface area contributed by atoms with Crippen LogP contribution in [0.2, 0.25) is 0 Å². The van der Waals surface area contributed by atoms with Crippen LogP contribution < -0.4 is 10.2 Å². The van der Waals surface area contributed by atoms with Gasteiger partial charge in [-0.2, -0.15) is 0 Å².